The van der Waals surface area contributed by atoms with Crippen molar-refractivity contribution in [2.75, 3.05) is 33.8 Å². The van der Waals surface area contributed by atoms with E-state index < -0.39 is 0 Å². The summed E-state index contributed by atoms with van der Waals surface area (Å²) in [6.07, 6.45) is 3.16. The van der Waals surface area contributed by atoms with Gasteiger partial charge in [0.1, 0.15) is 0 Å². The summed E-state index contributed by atoms with van der Waals surface area (Å²) in [6.45, 7) is 3.55. The molecule has 1 aromatic heterocycles. The van der Waals surface area contributed by atoms with Gasteiger partial charge in [0, 0.05) is 30.4 Å². The zero-order chi connectivity index (χ0) is 14.4. The van der Waals surface area contributed by atoms with Crippen molar-refractivity contribution >= 4 is 11.3 Å². The van der Waals surface area contributed by atoms with Crippen LogP contribution >= 0.6 is 11.3 Å². The van der Waals surface area contributed by atoms with Crippen molar-refractivity contribution in [3.8, 4) is 11.8 Å². The second-order valence-electron chi connectivity index (χ2n) is 5.51. The number of hydrogen-bond donors (Lipinski definition) is 1. The van der Waals surface area contributed by atoms with Crippen LogP contribution in [0.5, 0.6) is 0 Å². The minimum atomic E-state index is 0.142. The average molecular weight is 292 g/mol. The molecule has 0 saturated carbocycles. The Morgan fingerprint density at radius 3 is 3.10 bits per heavy atom. The van der Waals surface area contributed by atoms with E-state index in [0.29, 0.717) is 12.5 Å². The number of hydrogen-bond acceptors (Lipinski definition) is 4. The van der Waals surface area contributed by atoms with E-state index >= 15 is 0 Å². The monoisotopic (exact) mass is 292 g/mol. The first-order valence-electron chi connectivity index (χ1n) is 7.26. The third kappa shape index (κ3) is 4.60. The molecule has 4 heteroatoms. The van der Waals surface area contributed by atoms with Gasteiger partial charge in [-0.3, -0.25) is 4.90 Å². The van der Waals surface area contributed by atoms with E-state index in [1.165, 1.54) is 30.8 Å². The van der Waals surface area contributed by atoms with Crippen LogP contribution < -0.4 is 0 Å². The molecule has 20 heavy (non-hydrogen) atoms. The van der Waals surface area contributed by atoms with Crippen LogP contribution in [0.4, 0.5) is 0 Å². The molecule has 0 aromatic carbocycles. The van der Waals surface area contributed by atoms with Crippen LogP contribution in [0.25, 0.3) is 0 Å². The molecular formula is C16H24N2OS. The van der Waals surface area contributed by atoms with Crippen LogP contribution in [0, 0.1) is 11.8 Å². The molecule has 1 atom stereocenters. The van der Waals surface area contributed by atoms with Gasteiger partial charge >= 0.3 is 0 Å². The smallest absolute Gasteiger partial charge is 0.0771 e. The lowest BCUT2D eigenvalue weighted by Crippen LogP contribution is -2.44. The minimum absolute atomic E-state index is 0.142. The molecule has 1 aliphatic heterocycles. The predicted molar refractivity (Wildman–Crippen MR) is 84.9 cm³/mol. The third-order valence-electron chi connectivity index (χ3n) is 3.74. The fraction of sp³-hybridized carbons (Fsp3) is 0.625. The maximum atomic E-state index is 8.72. The van der Waals surface area contributed by atoms with Gasteiger partial charge in [-0.05, 0) is 45.6 Å². The second kappa shape index (κ2) is 7.80. The Kier molecular flexibility index (Phi) is 6.06. The normalized spacial score (nSPS) is 19.9. The quantitative estimate of drug-likeness (QED) is 0.860. The summed E-state index contributed by atoms with van der Waals surface area (Å²) < 4.78 is 0. The Morgan fingerprint density at radius 2 is 2.35 bits per heavy atom. The summed E-state index contributed by atoms with van der Waals surface area (Å²) >= 11 is 1.77. The number of likely N-dealkylation sites (N-methyl/N-ethyl adjacent to an activating group) is 2. The van der Waals surface area contributed by atoms with E-state index in [2.05, 4.69) is 47.9 Å². The molecule has 1 aliphatic rings. The lowest BCUT2D eigenvalue weighted by molar-refractivity contribution is 0.130. The molecule has 3 nitrogen and oxygen atoms in total. The molecule has 0 bridgehead atoms. The molecule has 0 spiro atoms. The summed E-state index contributed by atoms with van der Waals surface area (Å²) in [6, 6.07) is 4.93. The first-order valence-corrected chi connectivity index (χ1v) is 8.08. The van der Waals surface area contributed by atoms with Gasteiger partial charge < -0.3 is 10.0 Å². The molecule has 0 aliphatic carbocycles. The SMILES string of the molecule is CN1CCCC(N(C)Cc2ccc(C#CCCO)s2)C1. The van der Waals surface area contributed by atoms with Gasteiger partial charge in [-0.1, -0.05) is 11.8 Å². The van der Waals surface area contributed by atoms with Crippen molar-refractivity contribution in [1.82, 2.24) is 9.80 Å². The Morgan fingerprint density at radius 1 is 1.50 bits per heavy atom. The summed E-state index contributed by atoms with van der Waals surface area (Å²) in [4.78, 5) is 7.36. The van der Waals surface area contributed by atoms with Crippen LogP contribution in [0.2, 0.25) is 0 Å². The van der Waals surface area contributed by atoms with Crippen molar-refractivity contribution in [3.05, 3.63) is 21.9 Å². The van der Waals surface area contributed by atoms with Crippen molar-refractivity contribution in [2.45, 2.75) is 31.8 Å². The molecule has 1 aromatic rings. The number of piperidine rings is 1. The summed E-state index contributed by atoms with van der Waals surface area (Å²) in [5, 5.41) is 8.72. The molecule has 0 amide bonds. The van der Waals surface area contributed by atoms with Crippen LogP contribution in [-0.2, 0) is 6.54 Å². The van der Waals surface area contributed by atoms with Gasteiger partial charge in [-0.15, -0.1) is 11.3 Å². The highest BCUT2D eigenvalue weighted by atomic mass is 32.1. The van der Waals surface area contributed by atoms with Crippen molar-refractivity contribution in [2.24, 2.45) is 0 Å². The van der Waals surface area contributed by atoms with E-state index in [0.717, 1.165) is 11.4 Å². The minimum Gasteiger partial charge on any atom is -0.395 e. The Labute approximate surface area is 126 Å². The highest BCUT2D eigenvalue weighted by Crippen LogP contribution is 2.20. The molecule has 1 unspecified atom stereocenters. The van der Waals surface area contributed by atoms with Gasteiger partial charge in [-0.25, -0.2) is 0 Å². The molecule has 2 rings (SSSR count). The lowest BCUT2D eigenvalue weighted by Gasteiger charge is -2.35. The number of aliphatic hydroxyl groups excluding tert-OH is 1. The summed E-state index contributed by atoms with van der Waals surface area (Å²) in [5.41, 5.74) is 0. The fourth-order valence-electron chi connectivity index (χ4n) is 2.61. The van der Waals surface area contributed by atoms with Gasteiger partial charge in [-0.2, -0.15) is 0 Å². The van der Waals surface area contributed by atoms with Crippen molar-refractivity contribution in [1.29, 1.82) is 0 Å². The first kappa shape index (κ1) is 15.5. The van der Waals surface area contributed by atoms with Crippen LogP contribution in [0.1, 0.15) is 29.0 Å². The standard InChI is InChI=1S/C16H24N2OS/c1-17-10-5-6-14(12-17)18(2)13-16-9-8-15(20-16)7-3-4-11-19/h8-9,14,19H,4-6,10-13H2,1-2H3. The van der Waals surface area contributed by atoms with Gasteiger partial charge in [0.2, 0.25) is 0 Å². The number of thiophene rings is 1. The average Bonchev–Trinajstić information content (AvgIpc) is 2.86. The fourth-order valence-corrected chi connectivity index (χ4v) is 3.56. The number of nitrogens with zero attached hydrogens (tertiary/aromatic N) is 2. The van der Waals surface area contributed by atoms with E-state index in [1.807, 2.05) is 0 Å². The molecule has 2 heterocycles. The topological polar surface area (TPSA) is 26.7 Å². The Hall–Kier alpha value is -0.860. The Balaban J connectivity index is 1.88. The van der Waals surface area contributed by atoms with Crippen molar-refractivity contribution in [3.63, 3.8) is 0 Å². The van der Waals surface area contributed by atoms with E-state index in [1.54, 1.807) is 11.3 Å². The molecule has 110 valence electrons. The molecular weight excluding hydrogens is 268 g/mol. The van der Waals surface area contributed by atoms with E-state index in [-0.39, 0.29) is 6.61 Å². The van der Waals surface area contributed by atoms with E-state index in [4.69, 9.17) is 5.11 Å². The maximum Gasteiger partial charge on any atom is 0.0771 e. The molecule has 1 saturated heterocycles. The van der Waals surface area contributed by atoms with E-state index in [9.17, 15) is 0 Å². The van der Waals surface area contributed by atoms with Gasteiger partial charge in [0.25, 0.3) is 0 Å². The third-order valence-corrected chi connectivity index (χ3v) is 4.72. The largest absolute Gasteiger partial charge is 0.395 e. The number of aliphatic hydroxyl groups is 1. The summed E-state index contributed by atoms with van der Waals surface area (Å²) in [5.74, 6) is 6.08. The maximum absolute atomic E-state index is 8.72. The predicted octanol–water partition coefficient (Wildman–Crippen LogP) is 2.01. The lowest BCUT2D eigenvalue weighted by atomic mass is 10.1. The molecule has 0 radical (unpaired) electrons. The zero-order valence-electron chi connectivity index (χ0n) is 12.4. The highest BCUT2D eigenvalue weighted by Gasteiger charge is 2.21. The highest BCUT2D eigenvalue weighted by molar-refractivity contribution is 7.12. The van der Waals surface area contributed by atoms with Gasteiger partial charge in [0.15, 0.2) is 0 Å². The first-order chi connectivity index (χ1) is 9.69. The summed E-state index contributed by atoms with van der Waals surface area (Å²) in [7, 11) is 4.43. The zero-order valence-corrected chi connectivity index (χ0v) is 13.2. The number of rotatable bonds is 4. The van der Waals surface area contributed by atoms with Crippen LogP contribution in [0.3, 0.4) is 0 Å². The van der Waals surface area contributed by atoms with Crippen molar-refractivity contribution < 1.29 is 5.11 Å². The second-order valence-corrected chi connectivity index (χ2v) is 6.68. The van der Waals surface area contributed by atoms with Crippen LogP contribution in [-0.4, -0.2) is 54.7 Å². The van der Waals surface area contributed by atoms with Crippen LogP contribution in [0.15, 0.2) is 12.1 Å². The Bertz CT molecular complexity index is 474. The van der Waals surface area contributed by atoms with Gasteiger partial charge in [0.05, 0.1) is 11.5 Å². The molecule has 1 fully saturated rings. The number of likely N-dealkylation sites (tertiary alicyclic amines) is 1. The molecule has 1 N–H and O–H groups in total.